The molecule has 0 saturated carbocycles. The van der Waals surface area contributed by atoms with Gasteiger partial charge < -0.3 is 14.7 Å². The minimum Gasteiger partial charge on any atom is -0.382 e. The zero-order chi connectivity index (χ0) is 9.56. The van der Waals surface area contributed by atoms with E-state index in [2.05, 4.69) is 43.3 Å². The fourth-order valence-electron chi connectivity index (χ4n) is 0.679. The van der Waals surface area contributed by atoms with E-state index < -0.39 is 0 Å². The number of nitrogens with zero attached hydrogens (tertiary/aromatic N) is 3. The number of rotatable bonds is 5. The molecule has 72 valence electrons. The van der Waals surface area contributed by atoms with Crippen LogP contribution in [0.2, 0.25) is 0 Å². The van der Waals surface area contributed by atoms with Gasteiger partial charge in [-0.2, -0.15) is 0 Å². The van der Waals surface area contributed by atoms with Crippen LogP contribution in [0.15, 0.2) is 12.4 Å². The highest BCUT2D eigenvalue weighted by Crippen LogP contribution is 1.86. The van der Waals surface area contributed by atoms with Crippen LogP contribution in [-0.4, -0.2) is 63.0 Å². The van der Waals surface area contributed by atoms with Gasteiger partial charge >= 0.3 is 0 Å². The van der Waals surface area contributed by atoms with E-state index in [1.54, 1.807) is 0 Å². The van der Waals surface area contributed by atoms with Crippen molar-refractivity contribution in [1.82, 2.24) is 14.7 Å². The Morgan fingerprint density at radius 2 is 1.42 bits per heavy atom. The normalized spacial score (nSPS) is 11.2. The molecule has 0 saturated heterocycles. The minimum atomic E-state index is 1.07. The minimum absolute atomic E-state index is 1.07. The van der Waals surface area contributed by atoms with E-state index in [9.17, 15) is 0 Å². The highest BCUT2D eigenvalue weighted by Gasteiger charge is 1.92. The third-order valence-electron chi connectivity index (χ3n) is 1.52. The van der Waals surface area contributed by atoms with Crippen molar-refractivity contribution in [2.24, 2.45) is 0 Å². The summed E-state index contributed by atoms with van der Waals surface area (Å²) < 4.78 is 0. The van der Waals surface area contributed by atoms with Crippen LogP contribution in [-0.2, 0) is 0 Å². The summed E-state index contributed by atoms with van der Waals surface area (Å²) in [5.41, 5.74) is 0. The van der Waals surface area contributed by atoms with E-state index in [1.807, 2.05) is 19.0 Å². The lowest BCUT2D eigenvalue weighted by Gasteiger charge is -2.17. The maximum absolute atomic E-state index is 2.18. The second kappa shape index (κ2) is 5.89. The summed E-state index contributed by atoms with van der Waals surface area (Å²) in [6, 6.07) is 0. The molecule has 0 bridgehead atoms. The first-order valence-electron chi connectivity index (χ1n) is 4.22. The Morgan fingerprint density at radius 3 is 1.83 bits per heavy atom. The Bertz CT molecular complexity index is 130. The molecule has 0 rings (SSSR count). The van der Waals surface area contributed by atoms with E-state index in [0.29, 0.717) is 0 Å². The van der Waals surface area contributed by atoms with E-state index in [4.69, 9.17) is 0 Å². The van der Waals surface area contributed by atoms with Crippen LogP contribution < -0.4 is 0 Å². The van der Waals surface area contributed by atoms with Gasteiger partial charge in [0.05, 0.1) is 0 Å². The van der Waals surface area contributed by atoms with Crippen LogP contribution in [0.4, 0.5) is 0 Å². The molecule has 0 amide bonds. The maximum atomic E-state index is 2.18. The van der Waals surface area contributed by atoms with Crippen molar-refractivity contribution in [3.63, 3.8) is 0 Å². The molecule has 0 radical (unpaired) electrons. The summed E-state index contributed by atoms with van der Waals surface area (Å²) in [5, 5.41) is 0. The summed E-state index contributed by atoms with van der Waals surface area (Å²) in [4.78, 5) is 6.40. The highest BCUT2D eigenvalue weighted by atomic mass is 15.1. The summed E-state index contributed by atoms with van der Waals surface area (Å²) in [7, 11) is 10.3. The summed E-state index contributed by atoms with van der Waals surface area (Å²) >= 11 is 0. The summed E-state index contributed by atoms with van der Waals surface area (Å²) in [5.74, 6) is 0. The van der Waals surface area contributed by atoms with Gasteiger partial charge in [-0.25, -0.2) is 0 Å². The monoisotopic (exact) mass is 171 g/mol. The van der Waals surface area contributed by atoms with Crippen LogP contribution in [0.3, 0.4) is 0 Å². The Morgan fingerprint density at radius 1 is 0.833 bits per heavy atom. The number of hydrogen-bond donors (Lipinski definition) is 0. The van der Waals surface area contributed by atoms with E-state index in [-0.39, 0.29) is 0 Å². The molecule has 0 unspecified atom stereocenters. The van der Waals surface area contributed by atoms with Gasteiger partial charge in [0.2, 0.25) is 0 Å². The first kappa shape index (κ1) is 11.3. The average molecular weight is 171 g/mol. The van der Waals surface area contributed by atoms with Crippen molar-refractivity contribution in [2.45, 2.75) is 0 Å². The topological polar surface area (TPSA) is 9.72 Å². The van der Waals surface area contributed by atoms with Crippen molar-refractivity contribution in [3.8, 4) is 0 Å². The molecule has 0 aromatic heterocycles. The SMILES string of the molecule is CN(C)C=CN(C)CCN(C)C. The van der Waals surface area contributed by atoms with Crippen LogP contribution in [0.1, 0.15) is 0 Å². The molecule has 0 N–H and O–H groups in total. The number of hydrogen-bond acceptors (Lipinski definition) is 3. The van der Waals surface area contributed by atoms with Gasteiger partial charge in [-0.15, -0.1) is 0 Å². The van der Waals surface area contributed by atoms with Crippen molar-refractivity contribution < 1.29 is 0 Å². The molecule has 0 aromatic rings. The lowest BCUT2D eigenvalue weighted by Crippen LogP contribution is -2.25. The third-order valence-corrected chi connectivity index (χ3v) is 1.52. The second-order valence-corrected chi connectivity index (χ2v) is 3.55. The first-order chi connectivity index (χ1) is 5.52. The lowest BCUT2D eigenvalue weighted by atomic mass is 10.5. The molecule has 0 aliphatic rings. The highest BCUT2D eigenvalue weighted by molar-refractivity contribution is 4.78. The lowest BCUT2D eigenvalue weighted by molar-refractivity contribution is 0.337. The standard InChI is InChI=1S/C9H21N3/c1-10(2)6-8-12(5)9-7-11(3)4/h6,8H,7,9H2,1-5H3. The Balaban J connectivity index is 3.52. The predicted molar refractivity (Wildman–Crippen MR) is 54.0 cm³/mol. The molecule has 0 fully saturated rings. The van der Waals surface area contributed by atoms with Crippen LogP contribution in [0.5, 0.6) is 0 Å². The average Bonchev–Trinajstić information content (AvgIpc) is 1.96. The van der Waals surface area contributed by atoms with Gasteiger partial charge in [-0.1, -0.05) is 0 Å². The quantitative estimate of drug-likeness (QED) is 0.597. The van der Waals surface area contributed by atoms with Crippen LogP contribution in [0, 0.1) is 0 Å². The van der Waals surface area contributed by atoms with Gasteiger partial charge in [0.1, 0.15) is 0 Å². The Kier molecular flexibility index (Phi) is 5.54. The second-order valence-electron chi connectivity index (χ2n) is 3.55. The fraction of sp³-hybridized carbons (Fsp3) is 0.778. The van der Waals surface area contributed by atoms with Crippen molar-refractivity contribution in [2.75, 3.05) is 48.3 Å². The third kappa shape index (κ3) is 7.41. The van der Waals surface area contributed by atoms with Gasteiger partial charge in [-0.05, 0) is 14.1 Å². The molecule has 0 aliphatic heterocycles. The van der Waals surface area contributed by atoms with Gasteiger partial charge in [0.15, 0.2) is 0 Å². The fourth-order valence-corrected chi connectivity index (χ4v) is 0.679. The zero-order valence-corrected chi connectivity index (χ0v) is 8.91. The number of likely N-dealkylation sites (N-methyl/N-ethyl adjacent to an activating group) is 2. The largest absolute Gasteiger partial charge is 0.382 e. The van der Waals surface area contributed by atoms with E-state index in [1.165, 1.54) is 0 Å². The van der Waals surface area contributed by atoms with E-state index >= 15 is 0 Å². The Labute approximate surface area is 76.2 Å². The van der Waals surface area contributed by atoms with Crippen molar-refractivity contribution in [1.29, 1.82) is 0 Å². The maximum Gasteiger partial charge on any atom is 0.0297 e. The summed E-state index contributed by atoms with van der Waals surface area (Å²) in [6.07, 6.45) is 4.14. The van der Waals surface area contributed by atoms with Gasteiger partial charge in [0.25, 0.3) is 0 Å². The van der Waals surface area contributed by atoms with Gasteiger partial charge in [-0.3, -0.25) is 0 Å². The van der Waals surface area contributed by atoms with Crippen molar-refractivity contribution >= 4 is 0 Å². The molecule has 0 atom stereocenters. The Hall–Kier alpha value is -0.700. The molecule has 3 nitrogen and oxygen atoms in total. The van der Waals surface area contributed by atoms with Gasteiger partial charge in [0, 0.05) is 46.6 Å². The van der Waals surface area contributed by atoms with Crippen LogP contribution in [0.25, 0.3) is 0 Å². The van der Waals surface area contributed by atoms with Crippen LogP contribution >= 0.6 is 0 Å². The first-order valence-corrected chi connectivity index (χ1v) is 4.22. The molecular weight excluding hydrogens is 150 g/mol. The molecular formula is C9H21N3. The zero-order valence-electron chi connectivity index (χ0n) is 8.91. The molecule has 0 aliphatic carbocycles. The van der Waals surface area contributed by atoms with Crippen molar-refractivity contribution in [3.05, 3.63) is 12.4 Å². The smallest absolute Gasteiger partial charge is 0.0297 e. The molecule has 3 heteroatoms. The molecule has 12 heavy (non-hydrogen) atoms. The molecule has 0 spiro atoms. The van der Waals surface area contributed by atoms with E-state index in [0.717, 1.165) is 13.1 Å². The summed E-state index contributed by atoms with van der Waals surface area (Å²) in [6.45, 7) is 2.16. The predicted octanol–water partition coefficient (Wildman–Crippen LogP) is 0.513. The molecule has 0 aromatic carbocycles. The molecule has 0 heterocycles.